The standard InChI is InChI=1S/C27H20F4N2O3S2/c28-20-8-10-23(24(15-20)16-3-6-19(7-4-16)27(29,30)31)26(34)32-21-9-5-17-12-22(14-18(17)13-21)33-38(35,36)25-2-1-11-37-25/h1-11,13,15,22,33H,12,14H2,(H,32,34). The minimum Gasteiger partial charge on any atom is -0.322 e. The van der Waals surface area contributed by atoms with Crippen molar-refractivity contribution in [3.8, 4) is 11.1 Å². The van der Waals surface area contributed by atoms with E-state index in [-0.39, 0.29) is 26.9 Å². The summed E-state index contributed by atoms with van der Waals surface area (Å²) >= 11 is 1.13. The molecule has 0 saturated heterocycles. The number of nitrogens with one attached hydrogen (secondary N) is 2. The molecule has 1 amide bonds. The highest BCUT2D eigenvalue weighted by Gasteiger charge is 2.30. The zero-order valence-electron chi connectivity index (χ0n) is 19.6. The van der Waals surface area contributed by atoms with Crippen LogP contribution in [0.15, 0.2) is 82.4 Å². The van der Waals surface area contributed by atoms with Gasteiger partial charge in [0.1, 0.15) is 10.0 Å². The number of hydrogen-bond acceptors (Lipinski definition) is 4. The maximum Gasteiger partial charge on any atom is 0.416 e. The summed E-state index contributed by atoms with van der Waals surface area (Å²) in [4.78, 5) is 13.1. The van der Waals surface area contributed by atoms with E-state index in [1.54, 1.807) is 23.6 Å². The first-order valence-corrected chi connectivity index (χ1v) is 13.8. The topological polar surface area (TPSA) is 75.3 Å². The van der Waals surface area contributed by atoms with Gasteiger partial charge in [0.2, 0.25) is 10.0 Å². The molecule has 1 aliphatic carbocycles. The zero-order chi connectivity index (χ0) is 27.1. The molecule has 1 aliphatic rings. The summed E-state index contributed by atoms with van der Waals surface area (Å²) in [6, 6.07) is 15.8. The molecule has 1 unspecified atom stereocenters. The Hall–Kier alpha value is -3.54. The molecule has 5 nitrogen and oxygen atoms in total. The van der Waals surface area contributed by atoms with Gasteiger partial charge in [-0.05, 0) is 89.0 Å². The number of benzene rings is 3. The number of carbonyl (C=O) groups is 1. The van der Waals surface area contributed by atoms with Gasteiger partial charge >= 0.3 is 6.18 Å². The molecule has 1 atom stereocenters. The lowest BCUT2D eigenvalue weighted by atomic mass is 9.97. The van der Waals surface area contributed by atoms with Crippen molar-refractivity contribution in [2.75, 3.05) is 5.32 Å². The largest absolute Gasteiger partial charge is 0.416 e. The lowest BCUT2D eigenvalue weighted by molar-refractivity contribution is -0.137. The van der Waals surface area contributed by atoms with Crippen molar-refractivity contribution in [1.82, 2.24) is 4.72 Å². The number of fused-ring (bicyclic) bond motifs is 1. The highest BCUT2D eigenvalue weighted by Crippen LogP contribution is 2.33. The summed E-state index contributed by atoms with van der Waals surface area (Å²) in [7, 11) is -3.62. The molecular weight excluding hydrogens is 540 g/mol. The number of alkyl halides is 3. The van der Waals surface area contributed by atoms with Crippen LogP contribution in [0.4, 0.5) is 23.2 Å². The molecule has 38 heavy (non-hydrogen) atoms. The van der Waals surface area contributed by atoms with Crippen molar-refractivity contribution in [1.29, 1.82) is 0 Å². The number of halogens is 4. The Morgan fingerprint density at radius 1 is 0.921 bits per heavy atom. The number of anilines is 1. The molecule has 0 aliphatic heterocycles. The number of hydrogen-bond donors (Lipinski definition) is 2. The minimum atomic E-state index is -4.52. The molecule has 0 saturated carbocycles. The van der Waals surface area contributed by atoms with Gasteiger partial charge in [-0.15, -0.1) is 11.3 Å². The highest BCUT2D eigenvalue weighted by atomic mass is 32.2. The van der Waals surface area contributed by atoms with E-state index in [2.05, 4.69) is 10.0 Å². The third kappa shape index (κ3) is 5.50. The van der Waals surface area contributed by atoms with Gasteiger partial charge in [0.05, 0.1) is 5.56 Å². The first kappa shape index (κ1) is 26.1. The van der Waals surface area contributed by atoms with E-state index < -0.39 is 33.5 Å². The first-order valence-electron chi connectivity index (χ1n) is 11.5. The van der Waals surface area contributed by atoms with Gasteiger partial charge < -0.3 is 5.32 Å². The van der Waals surface area contributed by atoms with Crippen molar-refractivity contribution >= 4 is 33.0 Å². The molecule has 3 aromatic carbocycles. The average molecular weight is 561 g/mol. The van der Waals surface area contributed by atoms with Crippen molar-refractivity contribution in [2.45, 2.75) is 29.3 Å². The normalized spacial score (nSPS) is 15.3. The van der Waals surface area contributed by atoms with Crippen LogP contribution in [0, 0.1) is 5.82 Å². The van der Waals surface area contributed by atoms with Gasteiger partial charge in [-0.1, -0.05) is 24.3 Å². The van der Waals surface area contributed by atoms with Crippen molar-refractivity contribution in [2.24, 2.45) is 0 Å². The van der Waals surface area contributed by atoms with Crippen molar-refractivity contribution in [3.63, 3.8) is 0 Å². The van der Waals surface area contributed by atoms with Gasteiger partial charge in [0.15, 0.2) is 0 Å². The summed E-state index contributed by atoms with van der Waals surface area (Å²) in [6.07, 6.45) is -3.57. The Morgan fingerprint density at radius 3 is 2.34 bits per heavy atom. The van der Waals surface area contributed by atoms with Gasteiger partial charge in [-0.3, -0.25) is 4.79 Å². The quantitative estimate of drug-likeness (QED) is 0.273. The molecule has 1 aromatic heterocycles. The molecule has 0 radical (unpaired) electrons. The molecule has 4 aromatic rings. The summed E-state index contributed by atoms with van der Waals surface area (Å²) in [6.45, 7) is 0. The molecule has 0 bridgehead atoms. The number of sulfonamides is 1. The molecule has 5 rings (SSSR count). The van der Waals surface area contributed by atoms with E-state index in [0.717, 1.165) is 46.7 Å². The lowest BCUT2D eigenvalue weighted by Gasteiger charge is -2.13. The Kier molecular flexibility index (Phi) is 6.84. The third-order valence-electron chi connectivity index (χ3n) is 6.23. The Bertz CT molecular complexity index is 1600. The van der Waals surface area contributed by atoms with Crippen LogP contribution in [0.2, 0.25) is 0 Å². The zero-order valence-corrected chi connectivity index (χ0v) is 21.2. The maximum atomic E-state index is 14.0. The second-order valence-electron chi connectivity index (χ2n) is 8.86. The number of rotatable bonds is 6. The van der Waals surface area contributed by atoms with Crippen LogP contribution in [-0.2, 0) is 29.0 Å². The molecular formula is C27H20F4N2O3S2. The van der Waals surface area contributed by atoms with Gasteiger partial charge in [-0.25, -0.2) is 17.5 Å². The smallest absolute Gasteiger partial charge is 0.322 e. The molecule has 2 N–H and O–H groups in total. The monoisotopic (exact) mass is 560 g/mol. The van der Waals surface area contributed by atoms with Crippen LogP contribution in [0.25, 0.3) is 11.1 Å². The molecule has 0 fully saturated rings. The van der Waals surface area contributed by atoms with Crippen molar-refractivity contribution in [3.05, 3.63) is 106 Å². The second-order valence-corrected chi connectivity index (χ2v) is 11.7. The van der Waals surface area contributed by atoms with Gasteiger partial charge in [0.25, 0.3) is 5.91 Å². The summed E-state index contributed by atoms with van der Waals surface area (Å²) < 4.78 is 81.0. The SMILES string of the molecule is O=C(Nc1ccc2c(c1)CC(NS(=O)(=O)c1cccs1)C2)c1ccc(F)cc1-c1ccc(C(F)(F)F)cc1. The fourth-order valence-corrected chi connectivity index (χ4v) is 6.71. The predicted octanol–water partition coefficient (Wildman–Crippen LogP) is 6.27. The van der Waals surface area contributed by atoms with E-state index in [0.29, 0.717) is 18.5 Å². The average Bonchev–Trinajstić information content (AvgIpc) is 3.53. The Morgan fingerprint density at radius 2 is 1.66 bits per heavy atom. The van der Waals surface area contributed by atoms with Crippen LogP contribution in [0.3, 0.4) is 0 Å². The van der Waals surface area contributed by atoms with Crippen LogP contribution >= 0.6 is 11.3 Å². The first-order chi connectivity index (χ1) is 18.0. The highest BCUT2D eigenvalue weighted by molar-refractivity contribution is 7.91. The maximum absolute atomic E-state index is 14.0. The summed E-state index contributed by atoms with van der Waals surface area (Å²) in [5, 5.41) is 4.45. The summed E-state index contributed by atoms with van der Waals surface area (Å²) in [5.74, 6) is -1.20. The Labute approximate surface area is 220 Å². The fourth-order valence-electron chi connectivity index (χ4n) is 4.46. The number of carbonyl (C=O) groups excluding carboxylic acids is 1. The number of amides is 1. The fraction of sp³-hybridized carbons (Fsp3) is 0.148. The van der Waals surface area contributed by atoms with Crippen LogP contribution in [-0.4, -0.2) is 20.4 Å². The number of thiophene rings is 1. The van der Waals surface area contributed by atoms with E-state index in [1.165, 1.54) is 24.3 Å². The van der Waals surface area contributed by atoms with Crippen LogP contribution in [0.5, 0.6) is 0 Å². The van der Waals surface area contributed by atoms with Gasteiger partial charge in [-0.2, -0.15) is 13.2 Å². The van der Waals surface area contributed by atoms with E-state index in [1.807, 2.05) is 6.07 Å². The minimum absolute atomic E-state index is 0.0910. The van der Waals surface area contributed by atoms with Crippen molar-refractivity contribution < 1.29 is 30.8 Å². The van der Waals surface area contributed by atoms with E-state index in [4.69, 9.17) is 0 Å². The predicted molar refractivity (Wildman–Crippen MR) is 137 cm³/mol. The van der Waals surface area contributed by atoms with Crippen LogP contribution < -0.4 is 10.0 Å². The molecule has 0 spiro atoms. The third-order valence-corrected chi connectivity index (χ3v) is 9.15. The van der Waals surface area contributed by atoms with Gasteiger partial charge in [0, 0.05) is 17.3 Å². The second kappa shape index (κ2) is 9.97. The van der Waals surface area contributed by atoms with Crippen LogP contribution in [0.1, 0.15) is 27.0 Å². The summed E-state index contributed by atoms with van der Waals surface area (Å²) in [5.41, 5.74) is 1.94. The molecule has 11 heteroatoms. The Balaban J connectivity index is 1.33. The molecule has 1 heterocycles. The lowest BCUT2D eigenvalue weighted by Crippen LogP contribution is -2.34. The van der Waals surface area contributed by atoms with E-state index >= 15 is 0 Å². The molecule has 196 valence electrons. The van der Waals surface area contributed by atoms with E-state index in [9.17, 15) is 30.8 Å².